The molecule has 0 saturated heterocycles. The van der Waals surface area contributed by atoms with E-state index in [2.05, 4.69) is 36.8 Å². The summed E-state index contributed by atoms with van der Waals surface area (Å²) in [5.41, 5.74) is 4.64. The van der Waals surface area contributed by atoms with Gasteiger partial charge in [0.25, 0.3) is 6.01 Å². The number of ether oxygens (including phenoxy) is 1. The Morgan fingerprint density at radius 1 is 1.17 bits per heavy atom. The van der Waals surface area contributed by atoms with Gasteiger partial charge in [0.05, 0.1) is 12.5 Å². The summed E-state index contributed by atoms with van der Waals surface area (Å²) < 4.78 is 48.2. The van der Waals surface area contributed by atoms with E-state index in [-0.39, 0.29) is 51.8 Å². The number of hydrogen-bond acceptors (Lipinski definition) is 7. The molecule has 36 heavy (non-hydrogen) atoms. The fourth-order valence-corrected chi connectivity index (χ4v) is 4.82. The van der Waals surface area contributed by atoms with Crippen molar-refractivity contribution in [1.82, 2.24) is 9.55 Å². The zero-order valence-corrected chi connectivity index (χ0v) is 21.5. The molecule has 2 aromatic carbocycles. The lowest BCUT2D eigenvalue weighted by Gasteiger charge is -2.22. The maximum Gasteiger partial charge on any atom is 0.362 e. The van der Waals surface area contributed by atoms with Crippen molar-refractivity contribution in [3.8, 4) is 5.88 Å². The molecule has 12 heteroatoms. The van der Waals surface area contributed by atoms with Gasteiger partial charge in [-0.15, -0.1) is 0 Å². The highest BCUT2D eigenvalue weighted by atomic mass is 79.9. The van der Waals surface area contributed by atoms with Crippen LogP contribution in [0.25, 0.3) is 17.5 Å². The minimum absolute atomic E-state index is 0.00297. The number of nitrogen functional groups attached to an aromatic ring is 1. The summed E-state index contributed by atoms with van der Waals surface area (Å²) in [6.07, 6.45) is 1.24. The smallest absolute Gasteiger partial charge is 0.362 e. The predicted molar refractivity (Wildman–Crippen MR) is 132 cm³/mol. The van der Waals surface area contributed by atoms with Crippen LogP contribution in [-0.2, 0) is 9.53 Å². The van der Waals surface area contributed by atoms with Gasteiger partial charge >= 0.3 is 11.6 Å². The van der Waals surface area contributed by atoms with Crippen molar-refractivity contribution in [3.63, 3.8) is 0 Å². The highest BCUT2D eigenvalue weighted by Crippen LogP contribution is 2.40. The number of anilines is 1. The third kappa shape index (κ3) is 3.99. The molecular formula is C24H15Br2F2N3O5. The number of nitrogens with two attached hydrogens (primary N) is 1. The monoisotopic (exact) mass is 621 g/mol. The number of oxazole rings is 2. The molecule has 3 heterocycles. The van der Waals surface area contributed by atoms with Gasteiger partial charge in [-0.2, -0.15) is 4.98 Å². The van der Waals surface area contributed by atoms with Gasteiger partial charge in [-0.1, -0.05) is 31.9 Å². The second-order valence-electron chi connectivity index (χ2n) is 7.70. The van der Waals surface area contributed by atoms with Crippen LogP contribution in [0, 0.1) is 11.6 Å². The van der Waals surface area contributed by atoms with Gasteiger partial charge in [0.2, 0.25) is 11.4 Å². The van der Waals surface area contributed by atoms with Crippen molar-refractivity contribution in [3.05, 3.63) is 95.1 Å². The molecule has 0 unspecified atom stereocenters. The van der Waals surface area contributed by atoms with E-state index in [0.29, 0.717) is 8.95 Å². The Morgan fingerprint density at radius 3 is 2.58 bits per heavy atom. The zero-order valence-electron chi connectivity index (χ0n) is 18.4. The Morgan fingerprint density at radius 2 is 1.86 bits per heavy atom. The second-order valence-corrected chi connectivity index (χ2v) is 9.53. The van der Waals surface area contributed by atoms with Crippen molar-refractivity contribution in [2.24, 2.45) is 0 Å². The largest absolute Gasteiger partial charge is 0.462 e. The summed E-state index contributed by atoms with van der Waals surface area (Å²) in [7, 11) is 0. The minimum atomic E-state index is -1.18. The third-order valence-electron chi connectivity index (χ3n) is 5.50. The Hall–Kier alpha value is -3.51. The van der Waals surface area contributed by atoms with Crippen LogP contribution in [0.1, 0.15) is 29.7 Å². The van der Waals surface area contributed by atoms with Crippen LogP contribution in [0.5, 0.6) is 0 Å². The van der Waals surface area contributed by atoms with Crippen LogP contribution in [0.15, 0.2) is 59.0 Å². The van der Waals surface area contributed by atoms with E-state index in [9.17, 15) is 14.0 Å². The lowest BCUT2D eigenvalue weighted by Crippen LogP contribution is -2.37. The Balaban J connectivity index is 1.94. The van der Waals surface area contributed by atoms with Crippen LogP contribution in [0.4, 0.5) is 14.8 Å². The van der Waals surface area contributed by atoms with Gasteiger partial charge in [0, 0.05) is 20.1 Å². The Labute approximate surface area is 217 Å². The molecule has 5 rings (SSSR count). The molecular weight excluding hydrogens is 608 g/mol. The summed E-state index contributed by atoms with van der Waals surface area (Å²) in [4.78, 5) is 30.4. The maximum absolute atomic E-state index is 15.1. The average Bonchev–Trinajstić information content (AvgIpc) is 3.36. The third-order valence-corrected chi connectivity index (χ3v) is 6.49. The van der Waals surface area contributed by atoms with Gasteiger partial charge < -0.3 is 19.3 Å². The lowest BCUT2D eigenvalue weighted by molar-refractivity contribution is -0.136. The summed E-state index contributed by atoms with van der Waals surface area (Å²) in [5, 5.41) is -0.172. The van der Waals surface area contributed by atoms with Crippen molar-refractivity contribution in [1.29, 1.82) is 0 Å². The molecule has 0 radical (unpaired) electrons. The van der Waals surface area contributed by atoms with Crippen molar-refractivity contribution >= 4 is 55.5 Å². The van der Waals surface area contributed by atoms with E-state index < -0.39 is 29.1 Å². The molecule has 1 aliphatic rings. The molecule has 2 aromatic heterocycles. The first-order chi connectivity index (χ1) is 17.2. The van der Waals surface area contributed by atoms with Gasteiger partial charge in [-0.05, 0) is 49.4 Å². The van der Waals surface area contributed by atoms with Gasteiger partial charge in [0.15, 0.2) is 0 Å². The normalized spacial score (nSPS) is 15.1. The van der Waals surface area contributed by atoms with Crippen molar-refractivity contribution in [2.75, 3.05) is 12.3 Å². The fraction of sp³-hybridized carbons (Fsp3) is 0.125. The zero-order chi connectivity index (χ0) is 25.7. The summed E-state index contributed by atoms with van der Waals surface area (Å²) in [6.45, 7) is 1.59. The lowest BCUT2D eigenvalue weighted by atomic mass is 9.86. The highest BCUT2D eigenvalue weighted by Gasteiger charge is 2.41. The molecule has 1 aliphatic heterocycles. The number of carbonyl (C=O) groups is 1. The Bertz CT molecular complexity index is 1720. The standard InChI is InChI=1S/C24H15Br2F2N3O5/c1-2-34-23(33)18-17(13-9-12(26)4-6-15(13)28)19-21(36-24(29)30-19)31-16(22(32)35-20(18)31)8-10-7-11(25)3-5-14(10)27/h3-9,17H,2H2,1H3,(H2,29,30)/b16-8+/t17-/m1/s1. The van der Waals surface area contributed by atoms with Crippen LogP contribution in [0.3, 0.4) is 0 Å². The summed E-state index contributed by atoms with van der Waals surface area (Å²) in [5.74, 6) is -3.38. The summed E-state index contributed by atoms with van der Waals surface area (Å²) >= 11 is 6.58. The molecule has 2 N–H and O–H groups in total. The number of halogens is 4. The average molecular weight is 623 g/mol. The molecule has 0 aliphatic carbocycles. The first kappa shape index (κ1) is 24.2. The number of aromatic nitrogens is 2. The first-order valence-electron chi connectivity index (χ1n) is 10.5. The molecule has 8 nitrogen and oxygen atoms in total. The molecule has 0 bridgehead atoms. The van der Waals surface area contributed by atoms with E-state index in [4.69, 9.17) is 19.3 Å². The fourth-order valence-electron chi connectivity index (χ4n) is 4.06. The number of nitrogens with zero attached hydrogens (tertiary/aromatic N) is 2. The minimum Gasteiger partial charge on any atom is -0.462 e. The van der Waals surface area contributed by atoms with Crippen LogP contribution >= 0.6 is 31.9 Å². The molecule has 4 aromatic rings. The molecule has 0 fully saturated rings. The molecule has 1 atom stereocenters. The Kier molecular flexibility index (Phi) is 6.17. The highest BCUT2D eigenvalue weighted by molar-refractivity contribution is 9.10. The number of carbonyl (C=O) groups excluding carboxylic acids is 1. The number of benzene rings is 2. The number of fused-ring (bicyclic) bond motifs is 3. The number of hydrogen-bond donors (Lipinski definition) is 1. The van der Waals surface area contributed by atoms with Gasteiger partial charge in [-0.3, -0.25) is 0 Å². The SMILES string of the molecule is CCOC(=O)C1=c2oc(=O)/c(=C\c3cc(Br)ccc3F)n2-c2oc(N)nc2[C@@H]1c1cc(Br)ccc1F. The van der Waals surface area contributed by atoms with E-state index >= 15 is 4.39 Å². The quantitative estimate of drug-likeness (QED) is 0.347. The van der Waals surface area contributed by atoms with E-state index in [0.717, 1.165) is 0 Å². The number of rotatable bonds is 4. The van der Waals surface area contributed by atoms with Crippen molar-refractivity contribution < 1.29 is 27.1 Å². The van der Waals surface area contributed by atoms with Gasteiger partial charge in [0.1, 0.15) is 28.3 Å². The number of esters is 1. The molecule has 0 amide bonds. The van der Waals surface area contributed by atoms with E-state index in [1.807, 2.05) is 0 Å². The summed E-state index contributed by atoms with van der Waals surface area (Å²) in [6, 6.07) is 8.06. The molecule has 0 spiro atoms. The second kappa shape index (κ2) is 9.17. The van der Waals surface area contributed by atoms with E-state index in [1.165, 1.54) is 47.0 Å². The van der Waals surface area contributed by atoms with Crippen LogP contribution in [-0.4, -0.2) is 22.1 Å². The molecule has 0 saturated carbocycles. The van der Waals surface area contributed by atoms with Gasteiger partial charge in [-0.25, -0.2) is 22.9 Å². The van der Waals surface area contributed by atoms with Crippen molar-refractivity contribution in [2.45, 2.75) is 12.8 Å². The molecule has 184 valence electrons. The van der Waals surface area contributed by atoms with E-state index in [1.54, 1.807) is 6.92 Å². The maximum atomic E-state index is 15.1. The van der Waals surface area contributed by atoms with Crippen LogP contribution < -0.4 is 22.3 Å². The topological polar surface area (TPSA) is 113 Å². The van der Waals surface area contributed by atoms with Crippen LogP contribution in [0.2, 0.25) is 0 Å². The first-order valence-corrected chi connectivity index (χ1v) is 12.1. The predicted octanol–water partition coefficient (Wildman–Crippen LogP) is 3.49.